The predicted molar refractivity (Wildman–Crippen MR) is 57.7 cm³/mol. The average Bonchev–Trinajstić information content (AvgIpc) is 2.02. The van der Waals surface area contributed by atoms with Crippen molar-refractivity contribution in [2.24, 2.45) is 5.92 Å². The molecular formula is C11H18N2O. The molecule has 0 spiro atoms. The third kappa shape index (κ3) is 2.45. The van der Waals surface area contributed by atoms with Crippen molar-refractivity contribution in [3.63, 3.8) is 0 Å². The topological polar surface area (TPSA) is 59.1 Å². The number of nitrogens with two attached hydrogens (primary N) is 1. The van der Waals surface area contributed by atoms with Crippen LogP contribution in [-0.2, 0) is 5.60 Å². The van der Waals surface area contributed by atoms with E-state index in [4.69, 9.17) is 5.73 Å². The van der Waals surface area contributed by atoms with E-state index in [0.717, 1.165) is 5.56 Å². The maximum absolute atomic E-state index is 10.2. The van der Waals surface area contributed by atoms with Gasteiger partial charge in [-0.25, -0.2) is 0 Å². The van der Waals surface area contributed by atoms with Crippen LogP contribution in [0.3, 0.4) is 0 Å². The highest BCUT2D eigenvalue weighted by molar-refractivity contribution is 5.47. The van der Waals surface area contributed by atoms with Crippen LogP contribution in [0, 0.1) is 5.92 Å². The molecule has 0 saturated heterocycles. The van der Waals surface area contributed by atoms with Gasteiger partial charge in [-0.3, -0.25) is 4.98 Å². The number of hydrogen-bond donors (Lipinski definition) is 2. The lowest BCUT2D eigenvalue weighted by Gasteiger charge is -2.26. The Morgan fingerprint density at radius 1 is 1.57 bits per heavy atom. The zero-order valence-electron chi connectivity index (χ0n) is 8.99. The number of nitrogens with zero attached hydrogens (tertiary/aromatic N) is 1. The first-order chi connectivity index (χ1) is 6.43. The Balaban J connectivity index is 2.97. The summed E-state index contributed by atoms with van der Waals surface area (Å²) in [6.07, 6.45) is 3.92. The second-order valence-electron chi connectivity index (χ2n) is 4.33. The zero-order chi connectivity index (χ0) is 10.8. The minimum Gasteiger partial charge on any atom is -0.397 e. The van der Waals surface area contributed by atoms with Gasteiger partial charge in [0, 0.05) is 11.8 Å². The monoisotopic (exact) mass is 194 g/mol. The number of aliphatic hydroxyl groups is 1. The molecule has 1 heterocycles. The van der Waals surface area contributed by atoms with Crippen LogP contribution in [0.1, 0.15) is 32.8 Å². The van der Waals surface area contributed by atoms with E-state index >= 15 is 0 Å². The minimum absolute atomic E-state index is 0.428. The molecule has 0 bridgehead atoms. The molecule has 1 aromatic rings. The van der Waals surface area contributed by atoms with Crippen molar-refractivity contribution in [2.45, 2.75) is 32.8 Å². The number of nitrogen functional groups attached to an aromatic ring is 1. The van der Waals surface area contributed by atoms with E-state index in [1.165, 1.54) is 0 Å². The van der Waals surface area contributed by atoms with Crippen LogP contribution in [0.25, 0.3) is 0 Å². The molecule has 0 amide bonds. The summed E-state index contributed by atoms with van der Waals surface area (Å²) in [4.78, 5) is 3.90. The maximum atomic E-state index is 10.2. The normalized spacial score (nSPS) is 15.5. The van der Waals surface area contributed by atoms with E-state index in [2.05, 4.69) is 18.8 Å². The molecule has 0 aliphatic carbocycles. The van der Waals surface area contributed by atoms with Gasteiger partial charge in [0.15, 0.2) is 0 Å². The summed E-state index contributed by atoms with van der Waals surface area (Å²) in [6.45, 7) is 5.94. The Morgan fingerprint density at radius 2 is 2.21 bits per heavy atom. The molecule has 1 atom stereocenters. The molecule has 0 fully saturated rings. The SMILES string of the molecule is CC(C)CC(C)(O)c1ccncc1N. The van der Waals surface area contributed by atoms with E-state index < -0.39 is 5.60 Å². The smallest absolute Gasteiger partial charge is 0.0891 e. The summed E-state index contributed by atoms with van der Waals surface area (Å²) in [7, 11) is 0. The summed E-state index contributed by atoms with van der Waals surface area (Å²) in [5.74, 6) is 0.428. The van der Waals surface area contributed by atoms with Crippen LogP contribution in [-0.4, -0.2) is 10.1 Å². The van der Waals surface area contributed by atoms with E-state index in [-0.39, 0.29) is 0 Å². The number of hydrogen-bond acceptors (Lipinski definition) is 3. The van der Waals surface area contributed by atoms with Gasteiger partial charge >= 0.3 is 0 Å². The number of aromatic nitrogens is 1. The molecule has 14 heavy (non-hydrogen) atoms. The lowest BCUT2D eigenvalue weighted by Crippen LogP contribution is -2.24. The molecule has 0 aliphatic heterocycles. The molecule has 3 nitrogen and oxygen atoms in total. The van der Waals surface area contributed by atoms with Gasteiger partial charge in [0.05, 0.1) is 17.5 Å². The molecule has 0 aliphatic rings. The van der Waals surface area contributed by atoms with Crippen molar-refractivity contribution in [1.82, 2.24) is 4.98 Å². The first-order valence-electron chi connectivity index (χ1n) is 4.86. The quantitative estimate of drug-likeness (QED) is 0.772. The molecular weight excluding hydrogens is 176 g/mol. The standard InChI is InChI=1S/C11H18N2O/c1-8(2)6-11(3,14)9-4-5-13-7-10(9)12/h4-5,7-8,14H,6,12H2,1-3H3. The molecule has 0 saturated carbocycles. The van der Waals surface area contributed by atoms with Gasteiger partial charge in [-0.05, 0) is 25.3 Å². The lowest BCUT2D eigenvalue weighted by molar-refractivity contribution is 0.0355. The van der Waals surface area contributed by atoms with Gasteiger partial charge in [0.2, 0.25) is 0 Å². The Morgan fingerprint density at radius 3 is 2.71 bits per heavy atom. The van der Waals surface area contributed by atoms with Crippen LogP contribution in [0.4, 0.5) is 5.69 Å². The fourth-order valence-electron chi connectivity index (χ4n) is 1.80. The van der Waals surface area contributed by atoms with Crippen LogP contribution in [0.2, 0.25) is 0 Å². The van der Waals surface area contributed by atoms with Gasteiger partial charge in [0.25, 0.3) is 0 Å². The highest BCUT2D eigenvalue weighted by Gasteiger charge is 2.26. The van der Waals surface area contributed by atoms with Crippen LogP contribution in [0.15, 0.2) is 18.5 Å². The summed E-state index contributed by atoms with van der Waals surface area (Å²) < 4.78 is 0. The Kier molecular flexibility index (Phi) is 3.11. The van der Waals surface area contributed by atoms with Gasteiger partial charge in [-0.2, -0.15) is 0 Å². The highest BCUT2D eigenvalue weighted by atomic mass is 16.3. The van der Waals surface area contributed by atoms with Crippen molar-refractivity contribution in [1.29, 1.82) is 0 Å². The zero-order valence-corrected chi connectivity index (χ0v) is 8.99. The van der Waals surface area contributed by atoms with Gasteiger partial charge < -0.3 is 10.8 Å². The summed E-state index contributed by atoms with van der Waals surface area (Å²) >= 11 is 0. The number of anilines is 1. The lowest BCUT2D eigenvalue weighted by atomic mass is 9.87. The van der Waals surface area contributed by atoms with Crippen molar-refractivity contribution in [3.8, 4) is 0 Å². The van der Waals surface area contributed by atoms with Crippen molar-refractivity contribution < 1.29 is 5.11 Å². The molecule has 3 heteroatoms. The van der Waals surface area contributed by atoms with Gasteiger partial charge in [-0.15, -0.1) is 0 Å². The maximum Gasteiger partial charge on any atom is 0.0891 e. The third-order valence-electron chi connectivity index (χ3n) is 2.24. The minimum atomic E-state index is -0.860. The summed E-state index contributed by atoms with van der Waals surface area (Å²) in [6, 6.07) is 1.78. The molecule has 1 aromatic heterocycles. The van der Waals surface area contributed by atoms with Crippen molar-refractivity contribution in [3.05, 3.63) is 24.0 Å². The summed E-state index contributed by atoms with van der Waals surface area (Å²) in [5.41, 5.74) is 6.22. The first-order valence-corrected chi connectivity index (χ1v) is 4.86. The molecule has 3 N–H and O–H groups in total. The van der Waals surface area contributed by atoms with Crippen LogP contribution in [0.5, 0.6) is 0 Å². The average molecular weight is 194 g/mol. The molecule has 1 unspecified atom stereocenters. The highest BCUT2D eigenvalue weighted by Crippen LogP contribution is 2.31. The molecule has 78 valence electrons. The second kappa shape index (κ2) is 3.96. The molecule has 1 rings (SSSR count). The van der Waals surface area contributed by atoms with E-state index in [1.54, 1.807) is 25.4 Å². The van der Waals surface area contributed by atoms with E-state index in [9.17, 15) is 5.11 Å². The predicted octanol–water partition coefficient (Wildman–Crippen LogP) is 1.92. The van der Waals surface area contributed by atoms with E-state index in [1.807, 2.05) is 0 Å². The van der Waals surface area contributed by atoms with Gasteiger partial charge in [0.1, 0.15) is 0 Å². The van der Waals surface area contributed by atoms with Crippen LogP contribution >= 0.6 is 0 Å². The number of pyridine rings is 1. The van der Waals surface area contributed by atoms with Crippen LogP contribution < -0.4 is 5.73 Å². The Labute approximate surface area is 85.0 Å². The Bertz CT molecular complexity index is 308. The van der Waals surface area contributed by atoms with Crippen molar-refractivity contribution in [2.75, 3.05) is 5.73 Å². The van der Waals surface area contributed by atoms with E-state index in [0.29, 0.717) is 18.0 Å². The number of rotatable bonds is 3. The van der Waals surface area contributed by atoms with Crippen molar-refractivity contribution >= 4 is 5.69 Å². The largest absolute Gasteiger partial charge is 0.397 e. The molecule has 0 aromatic carbocycles. The molecule has 0 radical (unpaired) electrons. The van der Waals surface area contributed by atoms with Gasteiger partial charge in [-0.1, -0.05) is 13.8 Å². The third-order valence-corrected chi connectivity index (χ3v) is 2.24. The first kappa shape index (κ1) is 11.0. The summed E-state index contributed by atoms with van der Waals surface area (Å²) in [5, 5.41) is 10.2. The fraction of sp³-hybridized carbons (Fsp3) is 0.545. The Hall–Kier alpha value is -1.09. The fourth-order valence-corrected chi connectivity index (χ4v) is 1.80. The second-order valence-corrected chi connectivity index (χ2v) is 4.33.